The number of likely N-dealkylation sites (N-methyl/N-ethyl adjacent to an activating group) is 1. The second kappa shape index (κ2) is 3.69. The highest BCUT2D eigenvalue weighted by Gasteiger charge is 2.17. The van der Waals surface area contributed by atoms with Gasteiger partial charge in [0.2, 0.25) is 0 Å². The molecular weight excluding hydrogens is 146 g/mol. The van der Waals surface area contributed by atoms with Crippen LogP contribution in [0.15, 0.2) is 0 Å². The average molecular weight is 170 g/mol. The topological polar surface area (TPSA) is 57.5 Å². The maximum absolute atomic E-state index is 10.6. The van der Waals surface area contributed by atoms with Crippen LogP contribution in [-0.2, 0) is 4.79 Å². The van der Waals surface area contributed by atoms with E-state index in [-0.39, 0.29) is 0 Å². The van der Waals surface area contributed by atoms with Crippen LogP contribution < -0.4 is 0 Å². The molecule has 1 atom stereocenters. The Labute approximate surface area is 77.9 Å². The van der Waals surface area contributed by atoms with Crippen molar-refractivity contribution in [2.45, 2.75) is 12.5 Å². The van der Waals surface area contributed by atoms with Gasteiger partial charge >= 0.3 is 5.97 Å². The first-order valence-electron chi connectivity index (χ1n) is 6.84. The molecule has 0 aliphatic carbocycles. The van der Waals surface area contributed by atoms with Crippen LogP contribution in [0.1, 0.15) is 17.3 Å². The zero-order chi connectivity index (χ0) is 15.9. The largest absolute Gasteiger partial charge is 0.481 e. The van der Waals surface area contributed by atoms with E-state index in [2.05, 4.69) is 0 Å². The number of hydrogen-bond acceptors (Lipinski definition) is 2. The fraction of sp³-hybridized carbons (Fsp3) is 0.857. The Bertz CT molecular complexity index is 335. The molecule has 0 rings (SSSR count). The van der Waals surface area contributed by atoms with Crippen molar-refractivity contribution in [3.05, 3.63) is 0 Å². The SMILES string of the molecule is [2H]C([2H])(C(=O)O)[C@H](O)C[N+](C)(C([2H])([2H])[2H])C([2H])([2H])[2H]. The molecule has 0 aliphatic heterocycles. The fourth-order valence-electron chi connectivity index (χ4n) is 0.534. The predicted octanol–water partition coefficient (Wildman–Crippen LogP) is -0.472. The molecule has 0 bridgehead atoms. The first-order valence-corrected chi connectivity index (χ1v) is 2.84. The smallest absolute Gasteiger partial charge is 0.306 e. The molecule has 2 N–H and O–H groups in total. The number of aliphatic hydroxyl groups is 1. The molecule has 0 aliphatic rings. The van der Waals surface area contributed by atoms with Crippen LogP contribution in [0.5, 0.6) is 0 Å². The molecule has 4 heteroatoms. The van der Waals surface area contributed by atoms with Gasteiger partial charge in [0.1, 0.15) is 12.6 Å². The van der Waals surface area contributed by atoms with E-state index in [0.29, 0.717) is 0 Å². The molecule has 0 saturated carbocycles. The van der Waals surface area contributed by atoms with Crippen LogP contribution in [0.4, 0.5) is 0 Å². The van der Waals surface area contributed by atoms with E-state index in [9.17, 15) is 9.90 Å². The molecular formula is C7H16NO3+. The van der Waals surface area contributed by atoms with Gasteiger partial charge in [0, 0.05) is 2.74 Å². The summed E-state index contributed by atoms with van der Waals surface area (Å²) in [5.41, 5.74) is 0. The molecule has 0 unspecified atom stereocenters. The molecule has 66 valence electrons. The van der Waals surface area contributed by atoms with Gasteiger partial charge in [0.25, 0.3) is 0 Å². The number of carbonyl (C=O) groups is 1. The minimum Gasteiger partial charge on any atom is -0.481 e. The van der Waals surface area contributed by atoms with Gasteiger partial charge in [-0.2, -0.15) is 0 Å². The standard InChI is InChI=1S/C7H15NO3/c1-8(2,3)5-6(9)4-7(10)11/h6,9H,4-5H2,1-3H3/p+1/t6-/m0/s1/i1D3,2D3,4D2. The normalized spacial score (nSPS) is 28.9. The summed E-state index contributed by atoms with van der Waals surface area (Å²) in [6.45, 7) is -7.23. The molecule has 0 spiro atoms. The van der Waals surface area contributed by atoms with Crippen LogP contribution >= 0.6 is 0 Å². The summed E-state index contributed by atoms with van der Waals surface area (Å²) in [4.78, 5) is 10.6. The van der Waals surface area contributed by atoms with Crippen LogP contribution in [0.3, 0.4) is 0 Å². The van der Waals surface area contributed by atoms with Crippen molar-refractivity contribution in [3.63, 3.8) is 0 Å². The van der Waals surface area contributed by atoms with E-state index in [1.54, 1.807) is 0 Å². The predicted molar refractivity (Wildman–Crippen MR) is 41.2 cm³/mol. The minimum absolute atomic E-state index is 0.793. The summed E-state index contributed by atoms with van der Waals surface area (Å²) < 4.78 is 55.9. The maximum Gasteiger partial charge on any atom is 0.306 e. The lowest BCUT2D eigenvalue weighted by Gasteiger charge is -2.25. The number of hydrogen-bond donors (Lipinski definition) is 2. The molecule has 11 heavy (non-hydrogen) atoms. The molecule has 4 nitrogen and oxygen atoms in total. The summed E-state index contributed by atoms with van der Waals surface area (Å²) in [6, 6.07) is 0. The van der Waals surface area contributed by atoms with Crippen molar-refractivity contribution < 1.29 is 30.5 Å². The number of aliphatic carboxylic acids is 1. The molecule has 0 aromatic heterocycles. The summed E-state index contributed by atoms with van der Waals surface area (Å²) in [6.07, 6.45) is -5.42. The van der Waals surface area contributed by atoms with E-state index < -0.39 is 43.4 Å². The highest BCUT2D eigenvalue weighted by atomic mass is 16.4. The highest BCUT2D eigenvalue weighted by molar-refractivity contribution is 5.67. The first-order chi connectivity index (χ1) is 8.07. The van der Waals surface area contributed by atoms with Gasteiger partial charge < -0.3 is 14.7 Å². The summed E-state index contributed by atoms with van der Waals surface area (Å²) >= 11 is 0. The molecule has 0 fully saturated rings. The zero-order valence-electron chi connectivity index (χ0n) is 14.0. The molecule has 0 amide bonds. The Morgan fingerprint density at radius 3 is 2.73 bits per heavy atom. The maximum atomic E-state index is 10.6. The number of aliphatic hydroxyl groups excluding tert-OH is 1. The van der Waals surface area contributed by atoms with Gasteiger partial charge in [-0.1, -0.05) is 0 Å². The lowest BCUT2D eigenvalue weighted by molar-refractivity contribution is -0.873. The molecule has 0 radical (unpaired) electrons. The minimum atomic E-state index is -3.14. The molecule has 0 saturated heterocycles. The Morgan fingerprint density at radius 1 is 1.82 bits per heavy atom. The van der Waals surface area contributed by atoms with E-state index >= 15 is 0 Å². The van der Waals surface area contributed by atoms with Gasteiger partial charge in [-0.25, -0.2) is 0 Å². The Hall–Kier alpha value is -0.610. The third-order valence-corrected chi connectivity index (χ3v) is 0.828. The van der Waals surface area contributed by atoms with Crippen LogP contribution in [0, 0.1) is 0 Å². The van der Waals surface area contributed by atoms with Crippen LogP contribution in [0.2, 0.25) is 0 Å². The third kappa shape index (κ3) is 7.29. The van der Waals surface area contributed by atoms with Crippen molar-refractivity contribution in [1.82, 2.24) is 0 Å². The Kier molecular flexibility index (Phi) is 1.02. The van der Waals surface area contributed by atoms with Crippen molar-refractivity contribution in [2.75, 3.05) is 27.5 Å². The van der Waals surface area contributed by atoms with Crippen LogP contribution in [-0.4, -0.2) is 54.3 Å². The Morgan fingerprint density at radius 2 is 2.36 bits per heavy atom. The van der Waals surface area contributed by atoms with E-state index in [1.165, 1.54) is 0 Å². The summed E-state index contributed by atoms with van der Waals surface area (Å²) in [7, 11) is 0.793. The second-order valence-electron chi connectivity index (χ2n) is 2.34. The number of rotatable bonds is 4. The van der Waals surface area contributed by atoms with Crippen molar-refractivity contribution in [1.29, 1.82) is 0 Å². The highest BCUT2D eigenvalue weighted by Crippen LogP contribution is 1.98. The van der Waals surface area contributed by atoms with Gasteiger partial charge in [-0.3, -0.25) is 4.79 Å². The number of nitrogens with zero attached hydrogens (tertiary/aromatic N) is 1. The number of carboxylic acid groups (broad SMARTS) is 1. The summed E-state index contributed by atoms with van der Waals surface area (Å²) in [5, 5.41) is 18.1. The van der Waals surface area contributed by atoms with E-state index in [1.807, 2.05) is 0 Å². The number of quaternary nitrogens is 1. The number of carboxylic acids is 1. The zero-order valence-corrected chi connectivity index (χ0v) is 6.03. The van der Waals surface area contributed by atoms with Gasteiger partial charge in [0.15, 0.2) is 0 Å². The quantitative estimate of drug-likeness (QED) is 0.561. The molecule has 0 aromatic carbocycles. The second-order valence-corrected chi connectivity index (χ2v) is 2.34. The van der Waals surface area contributed by atoms with Gasteiger partial charge in [-0.05, 0) is 0 Å². The molecule has 0 aromatic rings. The van der Waals surface area contributed by atoms with E-state index in [4.69, 9.17) is 16.1 Å². The third-order valence-electron chi connectivity index (χ3n) is 0.828. The lowest BCUT2D eigenvalue weighted by atomic mass is 10.2. The Balaban J connectivity index is 5.47. The van der Waals surface area contributed by atoms with Crippen molar-refractivity contribution in [2.24, 2.45) is 0 Å². The monoisotopic (exact) mass is 170 g/mol. The fourth-order valence-corrected chi connectivity index (χ4v) is 0.534. The average Bonchev–Trinajstić information content (AvgIpc) is 2.13. The molecule has 0 heterocycles. The first kappa shape index (κ1) is 3.03. The lowest BCUT2D eigenvalue weighted by Crippen LogP contribution is -2.42. The van der Waals surface area contributed by atoms with Crippen molar-refractivity contribution in [3.8, 4) is 0 Å². The van der Waals surface area contributed by atoms with Gasteiger partial charge in [0.05, 0.1) is 35.6 Å². The summed E-state index contributed by atoms with van der Waals surface area (Å²) in [5.74, 6) is -2.00. The van der Waals surface area contributed by atoms with Crippen LogP contribution in [0.25, 0.3) is 0 Å². The van der Waals surface area contributed by atoms with Crippen molar-refractivity contribution >= 4 is 5.97 Å². The van der Waals surface area contributed by atoms with Gasteiger partial charge in [-0.15, -0.1) is 0 Å². The van der Waals surface area contributed by atoms with E-state index in [0.717, 1.165) is 7.05 Å².